The predicted molar refractivity (Wildman–Crippen MR) is 64.7 cm³/mol. The lowest BCUT2D eigenvalue weighted by molar-refractivity contribution is 0.476. The Bertz CT molecular complexity index is 480. The lowest BCUT2D eigenvalue weighted by atomic mass is 9.97. The fraction of sp³-hybridized carbons (Fsp3) is 0.385. The van der Waals surface area contributed by atoms with Gasteiger partial charge < -0.3 is 5.11 Å². The third-order valence-electron chi connectivity index (χ3n) is 3.38. The van der Waals surface area contributed by atoms with E-state index in [0.717, 1.165) is 5.92 Å². The summed E-state index contributed by atoms with van der Waals surface area (Å²) in [5.74, 6) is 1.14. The van der Waals surface area contributed by atoms with Crippen LogP contribution in [0.5, 0.6) is 5.75 Å². The van der Waals surface area contributed by atoms with E-state index >= 15 is 0 Å². The lowest BCUT2D eigenvalue weighted by Gasteiger charge is -2.07. The summed E-state index contributed by atoms with van der Waals surface area (Å²) >= 11 is 1.75. The SMILES string of the molecule is Oc1ccc2c(C3CCCC3)csc2c1. The second kappa shape index (κ2) is 3.53. The van der Waals surface area contributed by atoms with Gasteiger partial charge in [0.05, 0.1) is 0 Å². The number of thiophene rings is 1. The molecule has 78 valence electrons. The number of hydrogen-bond acceptors (Lipinski definition) is 2. The van der Waals surface area contributed by atoms with Gasteiger partial charge in [0.25, 0.3) is 0 Å². The zero-order valence-corrected chi connectivity index (χ0v) is 9.39. The maximum atomic E-state index is 9.41. The second-order valence-electron chi connectivity index (χ2n) is 4.35. The van der Waals surface area contributed by atoms with E-state index in [0.29, 0.717) is 5.75 Å². The van der Waals surface area contributed by atoms with Gasteiger partial charge in [-0.15, -0.1) is 11.3 Å². The van der Waals surface area contributed by atoms with Crippen LogP contribution >= 0.6 is 11.3 Å². The molecule has 0 spiro atoms. The van der Waals surface area contributed by atoms with Gasteiger partial charge in [0.2, 0.25) is 0 Å². The largest absolute Gasteiger partial charge is 0.508 e. The molecule has 0 radical (unpaired) electrons. The summed E-state index contributed by atoms with van der Waals surface area (Å²) in [4.78, 5) is 0. The maximum Gasteiger partial charge on any atom is 0.117 e. The molecular weight excluding hydrogens is 204 g/mol. The van der Waals surface area contributed by atoms with Crippen LogP contribution in [0.1, 0.15) is 37.2 Å². The molecule has 1 aliphatic rings. The highest BCUT2D eigenvalue weighted by Crippen LogP contribution is 2.40. The van der Waals surface area contributed by atoms with Crippen LogP contribution in [0.25, 0.3) is 10.1 Å². The van der Waals surface area contributed by atoms with Gasteiger partial charge in [0.15, 0.2) is 0 Å². The van der Waals surface area contributed by atoms with Crippen LogP contribution in [0.3, 0.4) is 0 Å². The minimum Gasteiger partial charge on any atom is -0.508 e. The van der Waals surface area contributed by atoms with Gasteiger partial charge in [-0.3, -0.25) is 0 Å². The first-order chi connectivity index (χ1) is 7.34. The number of fused-ring (bicyclic) bond motifs is 1. The first-order valence-corrected chi connectivity index (χ1v) is 6.42. The number of aromatic hydroxyl groups is 1. The molecule has 1 aliphatic carbocycles. The van der Waals surface area contributed by atoms with E-state index in [1.165, 1.54) is 41.3 Å². The Labute approximate surface area is 93.4 Å². The third kappa shape index (κ3) is 1.53. The summed E-state index contributed by atoms with van der Waals surface area (Å²) in [6.45, 7) is 0. The van der Waals surface area contributed by atoms with E-state index in [9.17, 15) is 5.11 Å². The molecule has 0 amide bonds. The lowest BCUT2D eigenvalue weighted by Crippen LogP contribution is -1.89. The van der Waals surface area contributed by atoms with E-state index in [4.69, 9.17) is 0 Å². The standard InChI is InChI=1S/C13H14OS/c14-10-5-6-11-12(8-15-13(11)7-10)9-3-1-2-4-9/h5-9,14H,1-4H2. The van der Waals surface area contributed by atoms with Gasteiger partial charge in [-0.25, -0.2) is 0 Å². The van der Waals surface area contributed by atoms with Gasteiger partial charge in [-0.05, 0) is 53.3 Å². The van der Waals surface area contributed by atoms with Crippen molar-refractivity contribution in [3.05, 3.63) is 29.1 Å². The molecule has 3 rings (SSSR count). The first kappa shape index (κ1) is 9.22. The minimum absolute atomic E-state index is 0.377. The van der Waals surface area contributed by atoms with E-state index in [1.54, 1.807) is 17.4 Å². The zero-order valence-electron chi connectivity index (χ0n) is 8.57. The molecule has 0 unspecified atom stereocenters. The molecule has 2 aromatic rings. The van der Waals surface area contributed by atoms with Crippen molar-refractivity contribution in [3.8, 4) is 5.75 Å². The Morgan fingerprint density at radius 3 is 2.80 bits per heavy atom. The topological polar surface area (TPSA) is 20.2 Å². The second-order valence-corrected chi connectivity index (χ2v) is 5.26. The molecular formula is C13H14OS. The molecule has 1 aromatic carbocycles. The maximum absolute atomic E-state index is 9.41. The number of phenolic OH excluding ortho intramolecular Hbond substituents is 1. The summed E-state index contributed by atoms with van der Waals surface area (Å²) in [5, 5.41) is 13.0. The molecule has 2 heteroatoms. The molecule has 1 N–H and O–H groups in total. The number of benzene rings is 1. The van der Waals surface area contributed by atoms with Gasteiger partial charge in [0, 0.05) is 4.70 Å². The number of hydrogen-bond donors (Lipinski definition) is 1. The summed E-state index contributed by atoms with van der Waals surface area (Å²) in [5.41, 5.74) is 1.51. The first-order valence-electron chi connectivity index (χ1n) is 5.55. The Kier molecular flexibility index (Phi) is 2.17. The normalized spacial score (nSPS) is 17.6. The van der Waals surface area contributed by atoms with Crippen LogP contribution in [0.2, 0.25) is 0 Å². The molecule has 0 bridgehead atoms. The molecule has 1 aromatic heterocycles. The quantitative estimate of drug-likeness (QED) is 0.758. The van der Waals surface area contributed by atoms with Gasteiger partial charge in [-0.1, -0.05) is 12.8 Å². The molecule has 1 saturated carbocycles. The molecule has 1 fully saturated rings. The predicted octanol–water partition coefficient (Wildman–Crippen LogP) is 4.26. The summed E-state index contributed by atoms with van der Waals surface area (Å²) in [6, 6.07) is 5.74. The molecule has 1 heterocycles. The van der Waals surface area contributed by atoms with Crippen molar-refractivity contribution in [2.75, 3.05) is 0 Å². The highest BCUT2D eigenvalue weighted by atomic mass is 32.1. The average molecular weight is 218 g/mol. The molecule has 1 nitrogen and oxygen atoms in total. The van der Waals surface area contributed by atoms with Crippen molar-refractivity contribution >= 4 is 21.4 Å². The van der Waals surface area contributed by atoms with Crippen LogP contribution in [-0.2, 0) is 0 Å². The van der Waals surface area contributed by atoms with Crippen LogP contribution in [-0.4, -0.2) is 5.11 Å². The third-order valence-corrected chi connectivity index (χ3v) is 4.35. The van der Waals surface area contributed by atoms with Crippen molar-refractivity contribution < 1.29 is 5.11 Å². The van der Waals surface area contributed by atoms with E-state index in [2.05, 4.69) is 11.4 Å². The van der Waals surface area contributed by atoms with Crippen LogP contribution in [0, 0.1) is 0 Å². The Morgan fingerprint density at radius 2 is 2.00 bits per heavy atom. The van der Waals surface area contributed by atoms with Crippen LogP contribution in [0.15, 0.2) is 23.6 Å². The smallest absolute Gasteiger partial charge is 0.117 e. The number of rotatable bonds is 1. The van der Waals surface area contributed by atoms with Crippen molar-refractivity contribution in [2.45, 2.75) is 31.6 Å². The molecule has 15 heavy (non-hydrogen) atoms. The van der Waals surface area contributed by atoms with Crippen LogP contribution in [0.4, 0.5) is 0 Å². The number of phenols is 1. The fourth-order valence-electron chi connectivity index (χ4n) is 2.59. The van der Waals surface area contributed by atoms with Gasteiger partial charge >= 0.3 is 0 Å². The van der Waals surface area contributed by atoms with Crippen molar-refractivity contribution in [2.24, 2.45) is 0 Å². The molecule has 0 aliphatic heterocycles. The van der Waals surface area contributed by atoms with E-state index in [-0.39, 0.29) is 0 Å². The summed E-state index contributed by atoms with van der Waals surface area (Å²) in [7, 11) is 0. The van der Waals surface area contributed by atoms with Crippen LogP contribution < -0.4 is 0 Å². The monoisotopic (exact) mass is 218 g/mol. The highest BCUT2D eigenvalue weighted by Gasteiger charge is 2.19. The van der Waals surface area contributed by atoms with Crippen molar-refractivity contribution in [3.63, 3.8) is 0 Å². The zero-order chi connectivity index (χ0) is 10.3. The van der Waals surface area contributed by atoms with E-state index in [1.807, 2.05) is 6.07 Å². The highest BCUT2D eigenvalue weighted by molar-refractivity contribution is 7.17. The Morgan fingerprint density at radius 1 is 1.20 bits per heavy atom. The van der Waals surface area contributed by atoms with Crippen molar-refractivity contribution in [1.82, 2.24) is 0 Å². The summed E-state index contributed by atoms with van der Waals surface area (Å²) in [6.07, 6.45) is 5.43. The van der Waals surface area contributed by atoms with Gasteiger partial charge in [0.1, 0.15) is 5.75 Å². The minimum atomic E-state index is 0.377. The molecule has 0 atom stereocenters. The molecule has 0 saturated heterocycles. The average Bonchev–Trinajstić information content (AvgIpc) is 2.82. The van der Waals surface area contributed by atoms with Gasteiger partial charge in [-0.2, -0.15) is 0 Å². The fourth-order valence-corrected chi connectivity index (χ4v) is 3.67. The van der Waals surface area contributed by atoms with Crippen molar-refractivity contribution in [1.29, 1.82) is 0 Å². The Balaban J connectivity index is 2.11. The Hall–Kier alpha value is -1.02. The summed E-state index contributed by atoms with van der Waals surface area (Å²) < 4.78 is 1.22. The van der Waals surface area contributed by atoms with E-state index < -0.39 is 0 Å².